The fourth-order valence-corrected chi connectivity index (χ4v) is 3.79. The van der Waals surface area contributed by atoms with Crippen molar-refractivity contribution in [3.63, 3.8) is 0 Å². The molecule has 1 aromatic rings. The Morgan fingerprint density at radius 1 is 1.43 bits per heavy atom. The fourth-order valence-electron chi connectivity index (χ4n) is 1.71. The van der Waals surface area contributed by atoms with Crippen LogP contribution in [0, 0.1) is 0 Å². The van der Waals surface area contributed by atoms with Crippen LogP contribution in [0.25, 0.3) is 6.08 Å². The van der Waals surface area contributed by atoms with Crippen LogP contribution in [-0.2, 0) is 14.4 Å². The summed E-state index contributed by atoms with van der Waals surface area (Å²) in [5, 5.41) is 19.7. The van der Waals surface area contributed by atoms with Gasteiger partial charge in [-0.2, -0.15) is 0 Å². The molecule has 9 heteroatoms. The molecule has 2 heterocycles. The van der Waals surface area contributed by atoms with Crippen LogP contribution in [0.3, 0.4) is 0 Å². The zero-order valence-corrected chi connectivity index (χ0v) is 12.8. The SMILES string of the molecule is O=C(O)CC(C(=O)O)N1C(=O)C(=Cc2cccs2)SC1=S. The molecular weight excluding hydrogens is 334 g/mol. The van der Waals surface area contributed by atoms with Gasteiger partial charge in [-0.3, -0.25) is 14.5 Å². The molecule has 1 unspecified atom stereocenters. The number of carbonyl (C=O) groups excluding carboxylic acids is 1. The molecule has 0 saturated carbocycles. The second kappa shape index (κ2) is 6.37. The Labute approximate surface area is 133 Å². The van der Waals surface area contributed by atoms with Gasteiger partial charge in [0.15, 0.2) is 0 Å². The molecule has 0 spiro atoms. The zero-order chi connectivity index (χ0) is 15.6. The van der Waals surface area contributed by atoms with Crippen molar-refractivity contribution in [1.29, 1.82) is 0 Å². The minimum Gasteiger partial charge on any atom is -0.481 e. The third-order valence-corrected chi connectivity index (χ3v) is 4.75. The van der Waals surface area contributed by atoms with Gasteiger partial charge in [0.2, 0.25) is 0 Å². The van der Waals surface area contributed by atoms with Crippen molar-refractivity contribution in [2.45, 2.75) is 12.5 Å². The summed E-state index contributed by atoms with van der Waals surface area (Å²) in [6, 6.07) is 2.13. The Bertz CT molecular complexity index is 637. The summed E-state index contributed by atoms with van der Waals surface area (Å²) in [6.45, 7) is 0. The molecule has 0 aromatic carbocycles. The van der Waals surface area contributed by atoms with E-state index in [9.17, 15) is 14.4 Å². The molecule has 0 aliphatic carbocycles. The number of hydrogen-bond acceptors (Lipinski definition) is 6. The first-order chi connectivity index (χ1) is 9.90. The number of carbonyl (C=O) groups is 3. The van der Waals surface area contributed by atoms with Gasteiger partial charge in [0.05, 0.1) is 11.3 Å². The number of hydrogen-bond donors (Lipinski definition) is 2. The molecule has 110 valence electrons. The Hall–Kier alpha value is -1.71. The minimum atomic E-state index is -1.50. The monoisotopic (exact) mass is 343 g/mol. The van der Waals surface area contributed by atoms with Crippen LogP contribution in [0.1, 0.15) is 11.3 Å². The summed E-state index contributed by atoms with van der Waals surface area (Å²) in [6.07, 6.45) is 0.914. The average Bonchev–Trinajstić information content (AvgIpc) is 2.97. The first kappa shape index (κ1) is 15.7. The van der Waals surface area contributed by atoms with Gasteiger partial charge in [0.1, 0.15) is 10.4 Å². The molecule has 1 amide bonds. The number of nitrogens with zero attached hydrogens (tertiary/aromatic N) is 1. The molecule has 2 rings (SSSR count). The molecular formula is C12H9NO5S3. The molecule has 1 atom stereocenters. The highest BCUT2D eigenvalue weighted by atomic mass is 32.2. The zero-order valence-electron chi connectivity index (χ0n) is 10.4. The van der Waals surface area contributed by atoms with Crippen LogP contribution in [-0.4, -0.2) is 43.3 Å². The van der Waals surface area contributed by atoms with Crippen LogP contribution >= 0.6 is 35.3 Å². The van der Waals surface area contributed by atoms with Gasteiger partial charge in [0, 0.05) is 4.88 Å². The molecule has 6 nitrogen and oxygen atoms in total. The molecule has 2 N–H and O–H groups in total. The van der Waals surface area contributed by atoms with Crippen LogP contribution in [0.5, 0.6) is 0 Å². The molecule has 1 aromatic heterocycles. The molecule has 1 fully saturated rings. The number of thiocarbonyl (C=S) groups is 1. The fraction of sp³-hybridized carbons (Fsp3) is 0.167. The predicted molar refractivity (Wildman–Crippen MR) is 83.0 cm³/mol. The smallest absolute Gasteiger partial charge is 0.327 e. The quantitative estimate of drug-likeness (QED) is 0.622. The maximum absolute atomic E-state index is 12.3. The van der Waals surface area contributed by atoms with Crippen molar-refractivity contribution in [2.24, 2.45) is 0 Å². The minimum absolute atomic E-state index is 0.0523. The summed E-state index contributed by atoms with van der Waals surface area (Å²) in [5.74, 6) is -3.28. The van der Waals surface area contributed by atoms with Gasteiger partial charge >= 0.3 is 11.9 Å². The second-order valence-corrected chi connectivity index (χ2v) is 6.67. The third kappa shape index (κ3) is 3.49. The molecule has 21 heavy (non-hydrogen) atoms. The van der Waals surface area contributed by atoms with Gasteiger partial charge in [-0.15, -0.1) is 11.3 Å². The lowest BCUT2D eigenvalue weighted by Gasteiger charge is -2.21. The Morgan fingerprint density at radius 2 is 2.14 bits per heavy atom. The van der Waals surface area contributed by atoms with E-state index in [1.165, 1.54) is 11.3 Å². The van der Waals surface area contributed by atoms with Gasteiger partial charge in [0.25, 0.3) is 5.91 Å². The first-order valence-corrected chi connectivity index (χ1v) is 7.75. The van der Waals surface area contributed by atoms with Crippen molar-refractivity contribution in [3.05, 3.63) is 27.3 Å². The first-order valence-electron chi connectivity index (χ1n) is 5.65. The van der Waals surface area contributed by atoms with E-state index < -0.39 is 30.3 Å². The third-order valence-electron chi connectivity index (χ3n) is 2.60. The van der Waals surface area contributed by atoms with E-state index >= 15 is 0 Å². The number of carboxylic acids is 2. The van der Waals surface area contributed by atoms with E-state index in [0.717, 1.165) is 21.5 Å². The van der Waals surface area contributed by atoms with Gasteiger partial charge < -0.3 is 10.2 Å². The van der Waals surface area contributed by atoms with Gasteiger partial charge in [-0.1, -0.05) is 30.0 Å². The number of carboxylic acid groups (broad SMARTS) is 2. The number of thioether (sulfide) groups is 1. The predicted octanol–water partition coefficient (Wildman–Crippen LogP) is 1.88. The molecule has 1 saturated heterocycles. The Morgan fingerprint density at radius 3 is 2.67 bits per heavy atom. The second-order valence-electron chi connectivity index (χ2n) is 4.02. The number of amides is 1. The molecule has 1 aliphatic heterocycles. The molecule has 0 bridgehead atoms. The van der Waals surface area contributed by atoms with E-state index in [2.05, 4.69) is 0 Å². The Balaban J connectivity index is 2.29. The number of aliphatic carboxylic acids is 2. The average molecular weight is 343 g/mol. The number of thiophene rings is 1. The van der Waals surface area contributed by atoms with Crippen molar-refractivity contribution in [2.75, 3.05) is 0 Å². The largest absolute Gasteiger partial charge is 0.481 e. The van der Waals surface area contributed by atoms with Crippen molar-refractivity contribution < 1.29 is 24.6 Å². The van der Waals surface area contributed by atoms with E-state index in [1.807, 2.05) is 17.5 Å². The molecule has 0 radical (unpaired) electrons. The van der Waals surface area contributed by atoms with Crippen LogP contribution in [0.4, 0.5) is 0 Å². The summed E-state index contributed by atoms with van der Waals surface area (Å²) in [5.41, 5.74) is 0. The topological polar surface area (TPSA) is 94.9 Å². The van der Waals surface area contributed by atoms with Gasteiger partial charge in [-0.05, 0) is 17.5 Å². The number of rotatable bonds is 5. The van der Waals surface area contributed by atoms with E-state index in [4.69, 9.17) is 22.4 Å². The summed E-state index contributed by atoms with van der Waals surface area (Å²) in [7, 11) is 0. The van der Waals surface area contributed by atoms with Gasteiger partial charge in [-0.25, -0.2) is 4.79 Å². The van der Waals surface area contributed by atoms with Crippen LogP contribution in [0.15, 0.2) is 22.4 Å². The van der Waals surface area contributed by atoms with E-state index in [1.54, 1.807) is 6.08 Å². The lowest BCUT2D eigenvalue weighted by atomic mass is 10.2. The standard InChI is InChI=1S/C12H9NO5S3/c14-9(15)5-7(11(17)18)13-10(16)8(21-12(13)19)4-6-2-1-3-20-6/h1-4,7H,5H2,(H,14,15)(H,17,18). The lowest BCUT2D eigenvalue weighted by Crippen LogP contribution is -2.45. The Kier molecular flexibility index (Phi) is 4.76. The maximum Gasteiger partial charge on any atom is 0.327 e. The summed E-state index contributed by atoms with van der Waals surface area (Å²) < 4.78 is 0.0523. The van der Waals surface area contributed by atoms with E-state index in [0.29, 0.717) is 4.91 Å². The highest BCUT2D eigenvalue weighted by Gasteiger charge is 2.41. The highest BCUT2D eigenvalue weighted by molar-refractivity contribution is 8.26. The summed E-state index contributed by atoms with van der Waals surface area (Å²) >= 11 is 7.41. The molecule has 1 aliphatic rings. The van der Waals surface area contributed by atoms with Crippen molar-refractivity contribution in [1.82, 2.24) is 4.90 Å². The van der Waals surface area contributed by atoms with E-state index in [-0.39, 0.29) is 4.32 Å². The van der Waals surface area contributed by atoms with Crippen LogP contribution < -0.4 is 0 Å². The van der Waals surface area contributed by atoms with Crippen molar-refractivity contribution in [3.8, 4) is 0 Å². The highest BCUT2D eigenvalue weighted by Crippen LogP contribution is 2.35. The maximum atomic E-state index is 12.3. The normalized spacial score (nSPS) is 18.3. The summed E-state index contributed by atoms with van der Waals surface area (Å²) in [4.78, 5) is 36.2. The van der Waals surface area contributed by atoms with Crippen molar-refractivity contribution >= 4 is 63.6 Å². The lowest BCUT2D eigenvalue weighted by molar-refractivity contribution is -0.150. The van der Waals surface area contributed by atoms with Crippen LogP contribution in [0.2, 0.25) is 0 Å².